The molecule has 0 radical (unpaired) electrons. The molecule has 0 aromatic heterocycles. The van der Waals surface area contributed by atoms with Gasteiger partial charge in [-0.05, 0) is 19.0 Å². The van der Waals surface area contributed by atoms with E-state index in [1.54, 1.807) is 0 Å². The van der Waals surface area contributed by atoms with Gasteiger partial charge in [0.15, 0.2) is 0 Å². The van der Waals surface area contributed by atoms with E-state index in [4.69, 9.17) is 5.73 Å². The Morgan fingerprint density at radius 1 is 1.11 bits per heavy atom. The standard InChI is InChI=1S/C12H27N3O.2ClH/c1-5-14(6-2)7-8-15(10-11(3)4)12(16)9-13;;/h11H,5-10,13H2,1-4H3;2*1H. The lowest BCUT2D eigenvalue weighted by Crippen LogP contribution is -2.43. The molecule has 0 atom stereocenters. The Balaban J connectivity index is -0.00000112. The van der Waals surface area contributed by atoms with Crippen LogP contribution in [0.2, 0.25) is 0 Å². The van der Waals surface area contributed by atoms with Gasteiger partial charge < -0.3 is 15.5 Å². The van der Waals surface area contributed by atoms with E-state index in [1.807, 2.05) is 4.90 Å². The highest BCUT2D eigenvalue weighted by Crippen LogP contribution is 2.00. The number of hydrogen-bond donors (Lipinski definition) is 1. The summed E-state index contributed by atoms with van der Waals surface area (Å²) < 4.78 is 0. The van der Waals surface area contributed by atoms with Crippen molar-refractivity contribution in [2.24, 2.45) is 11.7 Å². The monoisotopic (exact) mass is 301 g/mol. The Bertz CT molecular complexity index is 200. The van der Waals surface area contributed by atoms with E-state index in [2.05, 4.69) is 32.6 Å². The van der Waals surface area contributed by atoms with Gasteiger partial charge in [-0.3, -0.25) is 4.79 Å². The maximum atomic E-state index is 11.6. The van der Waals surface area contributed by atoms with Crippen LogP contribution < -0.4 is 5.73 Å². The third-order valence-corrected chi connectivity index (χ3v) is 2.69. The van der Waals surface area contributed by atoms with Crippen molar-refractivity contribution in [2.75, 3.05) is 39.3 Å². The molecule has 2 N–H and O–H groups in total. The molecule has 0 fully saturated rings. The van der Waals surface area contributed by atoms with Gasteiger partial charge in [0.25, 0.3) is 0 Å². The zero-order chi connectivity index (χ0) is 12.6. The van der Waals surface area contributed by atoms with E-state index in [1.165, 1.54) is 0 Å². The molecule has 1 amide bonds. The van der Waals surface area contributed by atoms with Gasteiger partial charge in [-0.15, -0.1) is 24.8 Å². The quantitative estimate of drug-likeness (QED) is 0.741. The third-order valence-electron chi connectivity index (χ3n) is 2.69. The Labute approximate surface area is 124 Å². The lowest BCUT2D eigenvalue weighted by atomic mass is 10.2. The molecular weight excluding hydrogens is 273 g/mol. The van der Waals surface area contributed by atoms with E-state index in [0.29, 0.717) is 5.92 Å². The first-order valence-electron chi connectivity index (χ1n) is 6.25. The average Bonchev–Trinajstić information content (AvgIpc) is 2.27. The lowest BCUT2D eigenvalue weighted by molar-refractivity contribution is -0.130. The smallest absolute Gasteiger partial charge is 0.236 e. The van der Waals surface area contributed by atoms with Crippen molar-refractivity contribution in [1.29, 1.82) is 0 Å². The van der Waals surface area contributed by atoms with Crippen molar-refractivity contribution in [3.63, 3.8) is 0 Å². The van der Waals surface area contributed by atoms with Crippen LogP contribution in [-0.4, -0.2) is 55.0 Å². The number of nitrogens with zero attached hydrogens (tertiary/aromatic N) is 2. The summed E-state index contributed by atoms with van der Waals surface area (Å²) in [7, 11) is 0. The van der Waals surface area contributed by atoms with E-state index in [9.17, 15) is 4.79 Å². The Morgan fingerprint density at radius 2 is 1.61 bits per heavy atom. The SMILES string of the molecule is CCN(CC)CCN(CC(C)C)C(=O)CN.Cl.Cl. The molecule has 0 aromatic rings. The second kappa shape index (κ2) is 13.4. The summed E-state index contributed by atoms with van der Waals surface area (Å²) in [5, 5.41) is 0. The Morgan fingerprint density at radius 3 is 1.94 bits per heavy atom. The van der Waals surface area contributed by atoms with Crippen LogP contribution in [0.1, 0.15) is 27.7 Å². The van der Waals surface area contributed by atoms with Crippen molar-refractivity contribution in [2.45, 2.75) is 27.7 Å². The van der Waals surface area contributed by atoms with E-state index < -0.39 is 0 Å². The molecule has 0 aliphatic carbocycles. The fourth-order valence-electron chi connectivity index (χ4n) is 1.69. The van der Waals surface area contributed by atoms with Gasteiger partial charge in [-0.1, -0.05) is 27.7 Å². The number of hydrogen-bond acceptors (Lipinski definition) is 3. The molecule has 112 valence electrons. The average molecular weight is 302 g/mol. The van der Waals surface area contributed by atoms with Gasteiger partial charge in [-0.25, -0.2) is 0 Å². The lowest BCUT2D eigenvalue weighted by Gasteiger charge is -2.27. The van der Waals surface area contributed by atoms with Crippen LogP contribution in [0.25, 0.3) is 0 Å². The predicted molar refractivity (Wildman–Crippen MR) is 82.8 cm³/mol. The third kappa shape index (κ3) is 9.95. The molecule has 0 aromatic carbocycles. The number of rotatable bonds is 8. The highest BCUT2D eigenvalue weighted by atomic mass is 35.5. The van der Waals surface area contributed by atoms with Gasteiger partial charge >= 0.3 is 0 Å². The van der Waals surface area contributed by atoms with E-state index >= 15 is 0 Å². The molecule has 0 aliphatic heterocycles. The van der Waals surface area contributed by atoms with Crippen LogP contribution in [0.15, 0.2) is 0 Å². The van der Waals surface area contributed by atoms with Gasteiger partial charge in [0.2, 0.25) is 5.91 Å². The van der Waals surface area contributed by atoms with Crippen molar-refractivity contribution in [1.82, 2.24) is 9.80 Å². The molecule has 0 aliphatic rings. The summed E-state index contributed by atoms with van der Waals surface area (Å²) in [5.41, 5.74) is 5.42. The largest absolute Gasteiger partial charge is 0.340 e. The maximum Gasteiger partial charge on any atom is 0.236 e. The fourth-order valence-corrected chi connectivity index (χ4v) is 1.69. The molecule has 0 unspecified atom stereocenters. The van der Waals surface area contributed by atoms with Crippen molar-refractivity contribution >= 4 is 30.7 Å². The van der Waals surface area contributed by atoms with Gasteiger partial charge in [0, 0.05) is 19.6 Å². The first kappa shape index (κ1) is 23.1. The highest BCUT2D eigenvalue weighted by Gasteiger charge is 2.13. The number of carbonyl (C=O) groups excluding carboxylic acids is 1. The zero-order valence-electron chi connectivity index (χ0n) is 12.0. The van der Waals surface area contributed by atoms with Gasteiger partial charge in [0.1, 0.15) is 0 Å². The second-order valence-corrected chi connectivity index (χ2v) is 4.46. The number of amides is 1. The zero-order valence-corrected chi connectivity index (χ0v) is 13.6. The topological polar surface area (TPSA) is 49.6 Å². The van der Waals surface area contributed by atoms with Gasteiger partial charge in [0.05, 0.1) is 6.54 Å². The Kier molecular flexibility index (Phi) is 17.2. The first-order chi connectivity index (χ1) is 7.54. The summed E-state index contributed by atoms with van der Waals surface area (Å²) in [6, 6.07) is 0. The summed E-state index contributed by atoms with van der Waals surface area (Å²) >= 11 is 0. The molecule has 0 saturated carbocycles. The molecular formula is C12H29Cl2N3O. The fraction of sp³-hybridized carbons (Fsp3) is 0.917. The van der Waals surface area contributed by atoms with E-state index in [-0.39, 0.29) is 37.3 Å². The molecule has 0 spiro atoms. The van der Waals surface area contributed by atoms with Crippen LogP contribution in [0, 0.1) is 5.92 Å². The van der Waals surface area contributed by atoms with Crippen LogP contribution in [0.4, 0.5) is 0 Å². The Hall–Kier alpha value is -0.0300. The maximum absolute atomic E-state index is 11.6. The number of likely N-dealkylation sites (N-methyl/N-ethyl adjacent to an activating group) is 1. The second-order valence-electron chi connectivity index (χ2n) is 4.46. The summed E-state index contributed by atoms with van der Waals surface area (Å²) in [5.74, 6) is 0.549. The van der Waals surface area contributed by atoms with Crippen LogP contribution >= 0.6 is 24.8 Å². The molecule has 6 heteroatoms. The number of halogens is 2. The number of carbonyl (C=O) groups is 1. The van der Waals surface area contributed by atoms with Gasteiger partial charge in [-0.2, -0.15) is 0 Å². The van der Waals surface area contributed by atoms with Crippen molar-refractivity contribution in [3.8, 4) is 0 Å². The van der Waals surface area contributed by atoms with E-state index in [0.717, 1.165) is 32.7 Å². The first-order valence-corrected chi connectivity index (χ1v) is 6.25. The summed E-state index contributed by atoms with van der Waals surface area (Å²) in [4.78, 5) is 15.8. The minimum absolute atomic E-state index is 0. The van der Waals surface area contributed by atoms with Crippen molar-refractivity contribution in [3.05, 3.63) is 0 Å². The molecule has 4 nitrogen and oxygen atoms in total. The highest BCUT2D eigenvalue weighted by molar-refractivity contribution is 5.85. The van der Waals surface area contributed by atoms with Crippen LogP contribution in [0.3, 0.4) is 0 Å². The van der Waals surface area contributed by atoms with Crippen LogP contribution in [-0.2, 0) is 4.79 Å². The normalized spacial score (nSPS) is 9.94. The van der Waals surface area contributed by atoms with Crippen LogP contribution in [0.5, 0.6) is 0 Å². The predicted octanol–water partition coefficient (Wildman–Crippen LogP) is 1.62. The molecule has 0 rings (SSSR count). The molecule has 0 heterocycles. The van der Waals surface area contributed by atoms with Crippen molar-refractivity contribution < 1.29 is 4.79 Å². The number of nitrogens with two attached hydrogens (primary N) is 1. The summed E-state index contributed by atoms with van der Waals surface area (Å²) in [6.45, 7) is 13.2. The minimum Gasteiger partial charge on any atom is -0.340 e. The summed E-state index contributed by atoms with van der Waals surface area (Å²) in [6.07, 6.45) is 0. The molecule has 18 heavy (non-hydrogen) atoms. The molecule has 0 saturated heterocycles. The minimum atomic E-state index is 0. The molecule has 0 bridgehead atoms.